The zero-order valence-electron chi connectivity index (χ0n) is 11.7. The summed E-state index contributed by atoms with van der Waals surface area (Å²) in [5, 5.41) is 12.8. The van der Waals surface area contributed by atoms with Crippen molar-refractivity contribution in [1.29, 1.82) is 5.26 Å². The average molecular weight is 254 g/mol. The first-order chi connectivity index (χ1) is 8.76. The fraction of sp³-hybridized carbons (Fsp3) is 0.929. The summed E-state index contributed by atoms with van der Waals surface area (Å²) >= 11 is 0. The van der Waals surface area contributed by atoms with Gasteiger partial charge in [0.25, 0.3) is 0 Å². The smallest absolute Gasteiger partial charge is 0.106 e. The van der Waals surface area contributed by atoms with Gasteiger partial charge in [-0.2, -0.15) is 5.26 Å². The van der Waals surface area contributed by atoms with Crippen molar-refractivity contribution in [1.82, 2.24) is 5.32 Å². The van der Waals surface area contributed by atoms with Crippen LogP contribution >= 0.6 is 0 Å². The molecule has 0 amide bonds. The van der Waals surface area contributed by atoms with Gasteiger partial charge in [-0.25, -0.2) is 0 Å². The normalized spacial score (nSPS) is 18.3. The molecule has 0 spiro atoms. The van der Waals surface area contributed by atoms with Gasteiger partial charge in [0.1, 0.15) is 5.54 Å². The molecule has 1 unspecified atom stereocenters. The lowest BCUT2D eigenvalue weighted by Crippen LogP contribution is -2.44. The summed E-state index contributed by atoms with van der Waals surface area (Å²) in [6.07, 6.45) is 6.06. The molecular formula is C14H26N2O2. The molecule has 1 aliphatic rings. The van der Waals surface area contributed by atoms with Crippen LogP contribution in [0.4, 0.5) is 0 Å². The summed E-state index contributed by atoms with van der Waals surface area (Å²) in [6, 6.07) is 3.04. The third kappa shape index (κ3) is 5.81. The van der Waals surface area contributed by atoms with E-state index in [9.17, 15) is 5.26 Å². The van der Waals surface area contributed by atoms with Gasteiger partial charge in [0.15, 0.2) is 0 Å². The van der Waals surface area contributed by atoms with E-state index in [0.29, 0.717) is 6.04 Å². The van der Waals surface area contributed by atoms with E-state index in [0.717, 1.165) is 45.5 Å². The van der Waals surface area contributed by atoms with Gasteiger partial charge in [0.2, 0.25) is 0 Å². The highest BCUT2D eigenvalue weighted by Crippen LogP contribution is 2.26. The van der Waals surface area contributed by atoms with Crippen LogP contribution < -0.4 is 5.32 Å². The molecule has 1 aliphatic carbocycles. The number of hydrogen-bond acceptors (Lipinski definition) is 4. The van der Waals surface area contributed by atoms with E-state index in [1.807, 2.05) is 0 Å². The molecule has 1 rings (SSSR count). The van der Waals surface area contributed by atoms with Crippen molar-refractivity contribution in [3.63, 3.8) is 0 Å². The third-order valence-corrected chi connectivity index (χ3v) is 3.40. The number of methoxy groups -OCH3 is 1. The average Bonchev–Trinajstić information content (AvgIpc) is 3.20. The molecule has 0 aromatic heterocycles. The van der Waals surface area contributed by atoms with Crippen molar-refractivity contribution in [2.24, 2.45) is 0 Å². The van der Waals surface area contributed by atoms with Gasteiger partial charge in [0, 0.05) is 33.0 Å². The van der Waals surface area contributed by atoms with Gasteiger partial charge in [0.05, 0.1) is 6.07 Å². The van der Waals surface area contributed by atoms with Crippen LogP contribution in [0.3, 0.4) is 0 Å². The second kappa shape index (κ2) is 8.47. The van der Waals surface area contributed by atoms with Crippen LogP contribution in [0.1, 0.15) is 45.4 Å². The molecule has 4 heteroatoms. The first-order valence-corrected chi connectivity index (χ1v) is 7.02. The molecule has 0 aromatic carbocycles. The van der Waals surface area contributed by atoms with Gasteiger partial charge in [-0.05, 0) is 38.5 Å². The van der Waals surface area contributed by atoms with Gasteiger partial charge >= 0.3 is 0 Å². The number of nitrogens with zero attached hydrogens (tertiary/aromatic N) is 1. The predicted octanol–water partition coefficient (Wildman–Crippen LogP) is 2.24. The molecule has 1 fully saturated rings. The van der Waals surface area contributed by atoms with E-state index in [1.165, 1.54) is 12.8 Å². The van der Waals surface area contributed by atoms with Gasteiger partial charge < -0.3 is 9.47 Å². The summed E-state index contributed by atoms with van der Waals surface area (Å²) in [5.41, 5.74) is -0.336. The zero-order valence-corrected chi connectivity index (χ0v) is 11.7. The quantitative estimate of drug-likeness (QED) is 0.575. The first-order valence-electron chi connectivity index (χ1n) is 7.02. The predicted molar refractivity (Wildman–Crippen MR) is 71.3 cm³/mol. The van der Waals surface area contributed by atoms with Crippen LogP contribution in [0.5, 0.6) is 0 Å². The zero-order chi connectivity index (χ0) is 13.3. The maximum Gasteiger partial charge on any atom is 0.106 e. The Balaban J connectivity index is 2.11. The highest BCUT2D eigenvalue weighted by Gasteiger charge is 2.34. The topological polar surface area (TPSA) is 54.3 Å². The Morgan fingerprint density at radius 1 is 1.28 bits per heavy atom. The third-order valence-electron chi connectivity index (χ3n) is 3.40. The Kier molecular flexibility index (Phi) is 7.26. The van der Waals surface area contributed by atoms with Crippen molar-refractivity contribution in [2.45, 2.75) is 57.0 Å². The van der Waals surface area contributed by atoms with Gasteiger partial charge in [-0.15, -0.1) is 0 Å². The van der Waals surface area contributed by atoms with Crippen LogP contribution in [-0.4, -0.2) is 38.5 Å². The van der Waals surface area contributed by atoms with E-state index in [1.54, 1.807) is 7.11 Å². The Labute approximate surface area is 111 Å². The van der Waals surface area contributed by atoms with Crippen molar-refractivity contribution in [3.8, 4) is 6.07 Å². The molecule has 4 nitrogen and oxygen atoms in total. The summed E-state index contributed by atoms with van der Waals surface area (Å²) < 4.78 is 10.5. The van der Waals surface area contributed by atoms with Crippen molar-refractivity contribution < 1.29 is 9.47 Å². The van der Waals surface area contributed by atoms with E-state index >= 15 is 0 Å². The lowest BCUT2D eigenvalue weighted by molar-refractivity contribution is 0.0972. The second-order valence-electron chi connectivity index (χ2n) is 5.03. The molecule has 0 bridgehead atoms. The lowest BCUT2D eigenvalue weighted by atomic mass is 9.92. The van der Waals surface area contributed by atoms with E-state index < -0.39 is 0 Å². The van der Waals surface area contributed by atoms with Crippen molar-refractivity contribution >= 4 is 0 Å². The molecule has 18 heavy (non-hydrogen) atoms. The van der Waals surface area contributed by atoms with E-state index in [-0.39, 0.29) is 5.54 Å². The minimum absolute atomic E-state index is 0.336. The number of hydrogen-bond donors (Lipinski definition) is 1. The Morgan fingerprint density at radius 2 is 2.00 bits per heavy atom. The van der Waals surface area contributed by atoms with Crippen molar-refractivity contribution in [3.05, 3.63) is 0 Å². The van der Waals surface area contributed by atoms with Crippen LogP contribution in [0.2, 0.25) is 0 Å². The van der Waals surface area contributed by atoms with E-state index in [2.05, 4.69) is 18.3 Å². The number of rotatable bonds is 11. The van der Waals surface area contributed by atoms with E-state index in [4.69, 9.17) is 9.47 Å². The van der Waals surface area contributed by atoms with Crippen LogP contribution in [0.15, 0.2) is 0 Å². The van der Waals surface area contributed by atoms with Gasteiger partial charge in [-0.1, -0.05) is 6.92 Å². The maximum absolute atomic E-state index is 9.36. The summed E-state index contributed by atoms with van der Waals surface area (Å²) in [4.78, 5) is 0. The molecule has 0 aliphatic heterocycles. The second-order valence-corrected chi connectivity index (χ2v) is 5.03. The Morgan fingerprint density at radius 3 is 2.56 bits per heavy atom. The number of nitriles is 1. The summed E-state index contributed by atoms with van der Waals surface area (Å²) in [7, 11) is 1.70. The largest absolute Gasteiger partial charge is 0.385 e. The Hall–Kier alpha value is -0.630. The number of ether oxygens (including phenoxy) is 2. The molecule has 0 aromatic rings. The van der Waals surface area contributed by atoms with Crippen LogP contribution in [0.25, 0.3) is 0 Å². The fourth-order valence-electron chi connectivity index (χ4n) is 2.02. The molecule has 1 atom stereocenters. The lowest BCUT2D eigenvalue weighted by Gasteiger charge is -2.26. The van der Waals surface area contributed by atoms with Crippen LogP contribution in [-0.2, 0) is 9.47 Å². The molecule has 0 radical (unpaired) electrons. The minimum atomic E-state index is -0.336. The highest BCUT2D eigenvalue weighted by atomic mass is 16.5. The molecule has 104 valence electrons. The van der Waals surface area contributed by atoms with Crippen LogP contribution in [0, 0.1) is 11.3 Å². The Bertz CT molecular complexity index is 261. The molecular weight excluding hydrogens is 228 g/mol. The maximum atomic E-state index is 9.36. The standard InChI is InChI=1S/C14H26N2O2/c1-3-14(12-15,16-13-6-7-13)8-4-10-18-11-5-9-17-2/h13,16H,3-11H2,1-2H3. The first kappa shape index (κ1) is 15.4. The monoisotopic (exact) mass is 254 g/mol. The molecule has 0 heterocycles. The highest BCUT2D eigenvalue weighted by molar-refractivity contribution is 5.09. The summed E-state index contributed by atoms with van der Waals surface area (Å²) in [6.45, 7) is 4.31. The molecule has 0 saturated heterocycles. The van der Waals surface area contributed by atoms with Gasteiger partial charge in [-0.3, -0.25) is 5.32 Å². The fourth-order valence-corrected chi connectivity index (χ4v) is 2.02. The van der Waals surface area contributed by atoms with Crippen molar-refractivity contribution in [2.75, 3.05) is 26.9 Å². The minimum Gasteiger partial charge on any atom is -0.385 e. The summed E-state index contributed by atoms with van der Waals surface area (Å²) in [5.74, 6) is 0. The molecule has 1 N–H and O–H groups in total. The number of nitrogens with one attached hydrogen (secondary N) is 1. The molecule has 1 saturated carbocycles. The SMILES string of the molecule is CCC(C#N)(CCCOCCCOC)NC1CC1.